The molecule has 6 heteroatoms. The average Bonchev–Trinajstić information content (AvgIpc) is 3.39. The predicted molar refractivity (Wildman–Crippen MR) is 98.2 cm³/mol. The van der Waals surface area contributed by atoms with E-state index in [-0.39, 0.29) is 6.03 Å². The number of aromatic nitrogens is 2. The fourth-order valence-electron chi connectivity index (χ4n) is 2.84. The van der Waals surface area contributed by atoms with Crippen LogP contribution in [0, 0.1) is 6.92 Å². The van der Waals surface area contributed by atoms with Gasteiger partial charge in [0.05, 0.1) is 17.5 Å². The Morgan fingerprint density at radius 2 is 2.08 bits per heavy atom. The highest BCUT2D eigenvalue weighted by atomic mass is 16.3. The van der Waals surface area contributed by atoms with Gasteiger partial charge in [0.2, 0.25) is 0 Å². The number of hydrogen-bond donors (Lipinski definition) is 2. The summed E-state index contributed by atoms with van der Waals surface area (Å²) < 4.78 is 1.82. The first-order chi connectivity index (χ1) is 12.0. The maximum absolute atomic E-state index is 12.5. The number of para-hydroxylation sites is 1. The van der Waals surface area contributed by atoms with Gasteiger partial charge in [-0.15, -0.1) is 0 Å². The molecule has 1 aromatic heterocycles. The first-order valence-corrected chi connectivity index (χ1v) is 8.82. The van der Waals surface area contributed by atoms with Gasteiger partial charge in [0.15, 0.2) is 0 Å². The molecule has 1 heterocycles. The molecule has 1 atom stereocenters. The van der Waals surface area contributed by atoms with Crippen LogP contribution < -0.4 is 5.32 Å². The minimum Gasteiger partial charge on any atom is -0.393 e. The van der Waals surface area contributed by atoms with Crippen LogP contribution in [0.3, 0.4) is 0 Å². The number of benzene rings is 1. The Bertz CT molecular complexity index is 735. The van der Waals surface area contributed by atoms with Crippen molar-refractivity contribution in [2.75, 3.05) is 18.9 Å². The predicted octanol–water partition coefficient (Wildman–Crippen LogP) is 3.29. The molecule has 1 aliphatic rings. The van der Waals surface area contributed by atoms with Crippen LogP contribution >= 0.6 is 0 Å². The van der Waals surface area contributed by atoms with E-state index in [1.54, 1.807) is 18.9 Å². The van der Waals surface area contributed by atoms with Crippen molar-refractivity contribution in [1.29, 1.82) is 0 Å². The number of carbonyl (C=O) groups is 1. The summed E-state index contributed by atoms with van der Waals surface area (Å²) in [4.78, 5) is 14.1. The minimum absolute atomic E-state index is 0.192. The van der Waals surface area contributed by atoms with Crippen molar-refractivity contribution in [3.63, 3.8) is 0 Å². The Labute approximate surface area is 148 Å². The van der Waals surface area contributed by atoms with Gasteiger partial charge < -0.3 is 10.0 Å². The maximum atomic E-state index is 12.5. The van der Waals surface area contributed by atoms with E-state index in [1.165, 1.54) is 0 Å². The third kappa shape index (κ3) is 4.02. The summed E-state index contributed by atoms with van der Waals surface area (Å²) in [5.41, 5.74) is 3.04. The van der Waals surface area contributed by atoms with Crippen LogP contribution in [0.15, 0.2) is 30.3 Å². The molecule has 0 spiro atoms. The summed E-state index contributed by atoms with van der Waals surface area (Å²) in [5.74, 6) is 1.23. The molecule has 1 fully saturated rings. The number of aliphatic hydroxyl groups is 1. The third-order valence-electron chi connectivity index (χ3n) is 4.58. The van der Waals surface area contributed by atoms with E-state index in [2.05, 4.69) is 5.32 Å². The zero-order chi connectivity index (χ0) is 18.0. The van der Waals surface area contributed by atoms with Gasteiger partial charge in [-0.3, -0.25) is 5.32 Å². The lowest BCUT2D eigenvalue weighted by Crippen LogP contribution is -2.34. The van der Waals surface area contributed by atoms with Crippen LogP contribution in [0.5, 0.6) is 0 Å². The lowest BCUT2D eigenvalue weighted by atomic mass is 10.2. The molecule has 0 bridgehead atoms. The molecule has 1 aliphatic carbocycles. The van der Waals surface area contributed by atoms with Crippen molar-refractivity contribution >= 4 is 11.8 Å². The molecule has 1 saturated carbocycles. The molecule has 0 unspecified atom stereocenters. The molecule has 134 valence electrons. The number of amides is 2. The van der Waals surface area contributed by atoms with Crippen LogP contribution in [0.1, 0.15) is 43.4 Å². The summed E-state index contributed by atoms with van der Waals surface area (Å²) in [6, 6.07) is 9.66. The number of rotatable bonds is 6. The lowest BCUT2D eigenvalue weighted by Gasteiger charge is -2.19. The molecule has 2 N–H and O–H groups in total. The number of carbonyl (C=O) groups excluding carboxylic acids is 1. The van der Waals surface area contributed by atoms with Crippen molar-refractivity contribution in [2.45, 2.75) is 45.1 Å². The van der Waals surface area contributed by atoms with E-state index in [9.17, 15) is 9.90 Å². The summed E-state index contributed by atoms with van der Waals surface area (Å²) >= 11 is 0. The smallest absolute Gasteiger partial charge is 0.322 e. The van der Waals surface area contributed by atoms with Gasteiger partial charge in [0, 0.05) is 25.1 Å². The zero-order valence-corrected chi connectivity index (χ0v) is 15.1. The number of anilines is 1. The average molecular weight is 342 g/mol. The fourth-order valence-corrected chi connectivity index (χ4v) is 2.84. The Morgan fingerprint density at radius 3 is 2.68 bits per heavy atom. The number of urea groups is 1. The van der Waals surface area contributed by atoms with Gasteiger partial charge in [-0.25, -0.2) is 9.48 Å². The van der Waals surface area contributed by atoms with Gasteiger partial charge in [0.1, 0.15) is 5.82 Å². The zero-order valence-electron chi connectivity index (χ0n) is 15.1. The third-order valence-corrected chi connectivity index (χ3v) is 4.58. The molecule has 1 aromatic carbocycles. The van der Waals surface area contributed by atoms with Crippen molar-refractivity contribution in [2.24, 2.45) is 0 Å². The molecule has 3 rings (SSSR count). The van der Waals surface area contributed by atoms with Crippen LogP contribution in [0.4, 0.5) is 10.6 Å². The topological polar surface area (TPSA) is 70.4 Å². The summed E-state index contributed by atoms with van der Waals surface area (Å²) in [7, 11) is 1.73. The molecular weight excluding hydrogens is 316 g/mol. The highest BCUT2D eigenvalue weighted by Crippen LogP contribution is 2.42. The Morgan fingerprint density at radius 1 is 1.40 bits per heavy atom. The van der Waals surface area contributed by atoms with Gasteiger partial charge >= 0.3 is 6.03 Å². The number of aliphatic hydroxyl groups excluding tert-OH is 1. The molecule has 25 heavy (non-hydrogen) atoms. The highest BCUT2D eigenvalue weighted by Gasteiger charge is 2.31. The summed E-state index contributed by atoms with van der Waals surface area (Å²) in [6.45, 7) is 4.24. The first kappa shape index (κ1) is 17.5. The molecule has 0 radical (unpaired) electrons. The second kappa shape index (κ2) is 7.27. The Hall–Kier alpha value is -2.34. The quantitative estimate of drug-likeness (QED) is 0.846. The Balaban J connectivity index is 1.85. The molecule has 0 aliphatic heterocycles. The summed E-state index contributed by atoms with van der Waals surface area (Å²) in [6.07, 6.45) is 2.45. The second-order valence-electron chi connectivity index (χ2n) is 6.87. The van der Waals surface area contributed by atoms with E-state index >= 15 is 0 Å². The van der Waals surface area contributed by atoms with E-state index in [1.807, 2.05) is 41.9 Å². The SMILES string of the molecule is Cc1c(C2CC2)nn(-c2ccccc2)c1NC(=O)N(C)CC[C@@H](C)O. The molecule has 2 aromatic rings. The maximum Gasteiger partial charge on any atom is 0.322 e. The fraction of sp³-hybridized carbons (Fsp3) is 0.474. The van der Waals surface area contributed by atoms with E-state index < -0.39 is 6.10 Å². The van der Waals surface area contributed by atoms with Crippen LogP contribution in [0.2, 0.25) is 0 Å². The normalized spacial score (nSPS) is 15.0. The second-order valence-corrected chi connectivity index (χ2v) is 6.87. The van der Waals surface area contributed by atoms with E-state index in [0.717, 1.165) is 35.6 Å². The van der Waals surface area contributed by atoms with Gasteiger partial charge in [-0.1, -0.05) is 18.2 Å². The standard InChI is InChI=1S/C19H26N4O2/c1-13(24)11-12-22(3)19(25)20-18-14(2)17(15-9-10-15)21-23(18)16-7-5-4-6-8-16/h4-8,13,15,24H,9-12H2,1-3H3,(H,20,25)/t13-/m1/s1. The molecule has 0 saturated heterocycles. The Kier molecular flexibility index (Phi) is 5.08. The molecular formula is C19H26N4O2. The number of nitrogens with zero attached hydrogens (tertiary/aromatic N) is 3. The van der Waals surface area contributed by atoms with Crippen LogP contribution in [-0.4, -0.2) is 45.5 Å². The van der Waals surface area contributed by atoms with Crippen molar-refractivity contribution < 1.29 is 9.90 Å². The lowest BCUT2D eigenvalue weighted by molar-refractivity contribution is 0.167. The van der Waals surface area contributed by atoms with Crippen LogP contribution in [0.25, 0.3) is 5.69 Å². The first-order valence-electron chi connectivity index (χ1n) is 8.82. The van der Waals surface area contributed by atoms with Crippen molar-refractivity contribution in [3.8, 4) is 5.69 Å². The largest absolute Gasteiger partial charge is 0.393 e. The minimum atomic E-state index is -0.423. The number of nitrogens with one attached hydrogen (secondary N) is 1. The van der Waals surface area contributed by atoms with Gasteiger partial charge in [0.25, 0.3) is 0 Å². The van der Waals surface area contributed by atoms with Gasteiger partial charge in [-0.05, 0) is 45.2 Å². The number of hydrogen-bond acceptors (Lipinski definition) is 3. The van der Waals surface area contributed by atoms with Crippen molar-refractivity contribution in [3.05, 3.63) is 41.6 Å². The summed E-state index contributed by atoms with van der Waals surface area (Å²) in [5, 5.41) is 17.2. The molecule has 2 amide bonds. The van der Waals surface area contributed by atoms with E-state index in [4.69, 9.17) is 5.10 Å². The van der Waals surface area contributed by atoms with Gasteiger partial charge in [-0.2, -0.15) is 5.10 Å². The van der Waals surface area contributed by atoms with Crippen molar-refractivity contribution in [1.82, 2.24) is 14.7 Å². The van der Waals surface area contributed by atoms with Crippen LogP contribution in [-0.2, 0) is 0 Å². The highest BCUT2D eigenvalue weighted by molar-refractivity contribution is 5.89. The molecule has 6 nitrogen and oxygen atoms in total. The monoisotopic (exact) mass is 342 g/mol. The van der Waals surface area contributed by atoms with E-state index in [0.29, 0.717) is 18.9 Å².